The van der Waals surface area contributed by atoms with Crippen molar-refractivity contribution in [3.05, 3.63) is 0 Å². The van der Waals surface area contributed by atoms with Gasteiger partial charge in [-0.15, -0.1) is 0 Å². The topological polar surface area (TPSA) is 116 Å². The molecule has 0 rings (SSSR count). The van der Waals surface area contributed by atoms with Gasteiger partial charge in [-0.25, -0.2) is 4.90 Å². The van der Waals surface area contributed by atoms with Crippen LogP contribution in [0, 0.1) is 0 Å². The standard InChI is InChI=1S/C6H13NO4.H3N/c1-4(8)7(5(2)9)3-6(10)11;/h4-5,8-9H,3H2,1-2H3,(H,10,11);1H3. The van der Waals surface area contributed by atoms with Crippen molar-refractivity contribution in [2.75, 3.05) is 6.54 Å². The predicted molar refractivity (Wildman–Crippen MR) is 42.7 cm³/mol. The number of aliphatic carboxylic acids is 1. The second-order valence-electron chi connectivity index (χ2n) is 2.33. The summed E-state index contributed by atoms with van der Waals surface area (Å²) in [5.74, 6) is -1.08. The zero-order valence-electron chi connectivity index (χ0n) is 7.27. The Morgan fingerprint density at radius 3 is 1.75 bits per heavy atom. The summed E-state index contributed by atoms with van der Waals surface area (Å²) in [6, 6.07) is 0. The van der Waals surface area contributed by atoms with Gasteiger partial charge in [0, 0.05) is 0 Å². The van der Waals surface area contributed by atoms with Gasteiger partial charge in [0.2, 0.25) is 0 Å². The lowest BCUT2D eigenvalue weighted by Gasteiger charge is -2.25. The number of carbonyl (C=O) groups is 1. The molecule has 0 fully saturated rings. The number of hydrogen-bond acceptors (Lipinski definition) is 5. The molecule has 0 saturated carbocycles. The van der Waals surface area contributed by atoms with E-state index in [2.05, 4.69) is 0 Å². The van der Waals surface area contributed by atoms with Crippen molar-refractivity contribution >= 4 is 5.97 Å². The Labute approximate surface area is 71.0 Å². The maximum Gasteiger partial charge on any atom is 0.317 e. The van der Waals surface area contributed by atoms with Crippen LogP contribution in [-0.2, 0) is 4.79 Å². The molecule has 0 aromatic heterocycles. The maximum atomic E-state index is 10.2. The zero-order chi connectivity index (χ0) is 9.02. The highest BCUT2D eigenvalue weighted by Crippen LogP contribution is 1.99. The van der Waals surface area contributed by atoms with E-state index in [0.717, 1.165) is 4.90 Å². The largest absolute Gasteiger partial charge is 0.480 e. The fourth-order valence-electron chi connectivity index (χ4n) is 0.733. The van der Waals surface area contributed by atoms with Crippen molar-refractivity contribution in [2.24, 2.45) is 0 Å². The van der Waals surface area contributed by atoms with Crippen LogP contribution in [0.5, 0.6) is 0 Å². The zero-order valence-corrected chi connectivity index (χ0v) is 7.27. The fraction of sp³-hybridized carbons (Fsp3) is 0.833. The van der Waals surface area contributed by atoms with Crippen LogP contribution in [-0.4, -0.2) is 45.2 Å². The molecule has 2 unspecified atom stereocenters. The average Bonchev–Trinajstić information content (AvgIpc) is 1.81. The summed E-state index contributed by atoms with van der Waals surface area (Å²) in [5, 5.41) is 26.2. The Bertz CT molecular complexity index is 130. The van der Waals surface area contributed by atoms with Gasteiger partial charge in [0.1, 0.15) is 19.0 Å². The Morgan fingerprint density at radius 1 is 1.33 bits per heavy atom. The molecule has 12 heavy (non-hydrogen) atoms. The minimum absolute atomic E-state index is 0. The highest BCUT2D eigenvalue weighted by Gasteiger charge is 2.18. The third-order valence-electron chi connectivity index (χ3n) is 1.28. The Morgan fingerprint density at radius 2 is 1.67 bits per heavy atom. The summed E-state index contributed by atoms with van der Waals surface area (Å²) in [6.07, 6.45) is -1.91. The van der Waals surface area contributed by atoms with Crippen LogP contribution in [0.25, 0.3) is 0 Å². The summed E-state index contributed by atoms with van der Waals surface area (Å²) in [4.78, 5) is 11.2. The van der Waals surface area contributed by atoms with E-state index in [-0.39, 0.29) is 12.7 Å². The second-order valence-corrected chi connectivity index (χ2v) is 2.33. The molecule has 0 bridgehead atoms. The first-order valence-electron chi connectivity index (χ1n) is 3.29. The molecule has 6 heteroatoms. The van der Waals surface area contributed by atoms with Gasteiger partial charge < -0.3 is 21.5 Å². The second kappa shape index (κ2) is 5.90. The highest BCUT2D eigenvalue weighted by molar-refractivity contribution is 5.69. The minimum Gasteiger partial charge on any atom is -0.480 e. The summed E-state index contributed by atoms with van der Waals surface area (Å²) < 4.78 is 0. The van der Waals surface area contributed by atoms with Crippen LogP contribution in [0.2, 0.25) is 0 Å². The molecule has 0 aromatic rings. The maximum absolute atomic E-state index is 10.2. The predicted octanol–water partition coefficient (Wildman–Crippen LogP) is -0.788. The van der Waals surface area contributed by atoms with Crippen molar-refractivity contribution in [3.8, 4) is 0 Å². The number of carboxylic acid groups (broad SMARTS) is 1. The van der Waals surface area contributed by atoms with Crippen LogP contribution >= 0.6 is 0 Å². The van der Waals surface area contributed by atoms with Crippen molar-refractivity contribution in [1.82, 2.24) is 11.1 Å². The first kappa shape index (κ1) is 13.9. The molecule has 74 valence electrons. The van der Waals surface area contributed by atoms with Gasteiger partial charge in [-0.2, -0.15) is 0 Å². The molecular formula is C6H16N2O4. The number of aliphatic hydroxyl groups is 2. The molecule has 0 aliphatic rings. The molecule has 0 heterocycles. The van der Waals surface area contributed by atoms with Crippen LogP contribution in [0.3, 0.4) is 0 Å². The fourth-order valence-corrected chi connectivity index (χ4v) is 0.733. The van der Waals surface area contributed by atoms with E-state index >= 15 is 0 Å². The molecule has 0 aliphatic carbocycles. The average molecular weight is 180 g/mol. The molecule has 0 amide bonds. The Balaban J connectivity index is 0. The number of aliphatic hydroxyl groups excluding tert-OH is 2. The quantitative estimate of drug-likeness (QED) is 0.421. The SMILES string of the molecule is CC(O)N(CC(=O)O)C(C)O.N. The smallest absolute Gasteiger partial charge is 0.317 e. The number of carboxylic acids is 1. The molecule has 0 saturated heterocycles. The third-order valence-corrected chi connectivity index (χ3v) is 1.28. The summed E-state index contributed by atoms with van der Waals surface area (Å²) >= 11 is 0. The van der Waals surface area contributed by atoms with Crippen molar-refractivity contribution < 1.29 is 20.1 Å². The first-order valence-corrected chi connectivity index (χ1v) is 3.29. The Kier molecular flexibility index (Phi) is 6.82. The molecule has 2 atom stereocenters. The summed E-state index contributed by atoms with van der Waals surface area (Å²) in [6.45, 7) is 2.43. The van der Waals surface area contributed by atoms with Crippen LogP contribution in [0.1, 0.15) is 13.8 Å². The highest BCUT2D eigenvalue weighted by atomic mass is 16.4. The lowest BCUT2D eigenvalue weighted by atomic mass is 10.4. The summed E-state index contributed by atoms with van der Waals surface area (Å²) in [5.41, 5.74) is 0. The molecule has 0 radical (unpaired) electrons. The van der Waals surface area contributed by atoms with Gasteiger partial charge >= 0.3 is 5.97 Å². The molecule has 0 spiro atoms. The van der Waals surface area contributed by atoms with Gasteiger partial charge in [0.05, 0.1) is 0 Å². The van der Waals surface area contributed by atoms with Crippen LogP contribution < -0.4 is 6.15 Å². The lowest BCUT2D eigenvalue weighted by Crippen LogP contribution is -2.43. The molecule has 6 nitrogen and oxygen atoms in total. The van der Waals surface area contributed by atoms with Crippen molar-refractivity contribution in [1.29, 1.82) is 0 Å². The van der Waals surface area contributed by atoms with Crippen molar-refractivity contribution in [3.63, 3.8) is 0 Å². The van der Waals surface area contributed by atoms with Gasteiger partial charge in [-0.3, -0.25) is 4.79 Å². The molecular weight excluding hydrogens is 164 g/mol. The van der Waals surface area contributed by atoms with E-state index in [9.17, 15) is 4.79 Å². The van der Waals surface area contributed by atoms with E-state index in [1.807, 2.05) is 0 Å². The van der Waals surface area contributed by atoms with Gasteiger partial charge in [0.25, 0.3) is 0 Å². The lowest BCUT2D eigenvalue weighted by molar-refractivity contribution is -0.148. The number of nitrogens with zero attached hydrogens (tertiary/aromatic N) is 1. The summed E-state index contributed by atoms with van der Waals surface area (Å²) in [7, 11) is 0. The monoisotopic (exact) mass is 180 g/mol. The van der Waals surface area contributed by atoms with E-state index in [1.54, 1.807) is 0 Å². The molecule has 0 aliphatic heterocycles. The number of hydrogen-bond donors (Lipinski definition) is 4. The Hall–Kier alpha value is -0.690. The minimum atomic E-state index is -1.08. The van der Waals surface area contributed by atoms with E-state index in [4.69, 9.17) is 15.3 Å². The normalized spacial score (nSPS) is 15.1. The van der Waals surface area contributed by atoms with Crippen LogP contribution in [0.15, 0.2) is 0 Å². The third kappa shape index (κ3) is 5.03. The van der Waals surface area contributed by atoms with Gasteiger partial charge in [-0.1, -0.05) is 0 Å². The van der Waals surface area contributed by atoms with Gasteiger partial charge in [0.15, 0.2) is 0 Å². The molecule has 0 aromatic carbocycles. The van der Waals surface area contributed by atoms with E-state index in [0.29, 0.717) is 0 Å². The first-order chi connectivity index (χ1) is 4.95. The van der Waals surface area contributed by atoms with Crippen LogP contribution in [0.4, 0.5) is 0 Å². The van der Waals surface area contributed by atoms with E-state index < -0.39 is 18.4 Å². The van der Waals surface area contributed by atoms with E-state index in [1.165, 1.54) is 13.8 Å². The van der Waals surface area contributed by atoms with Gasteiger partial charge in [-0.05, 0) is 13.8 Å². The van der Waals surface area contributed by atoms with Crippen molar-refractivity contribution in [2.45, 2.75) is 26.3 Å². The molecule has 6 N–H and O–H groups in total. The number of rotatable bonds is 4.